The lowest BCUT2D eigenvalue weighted by Crippen LogP contribution is -2.10. The molecule has 0 aliphatic heterocycles. The van der Waals surface area contributed by atoms with E-state index in [4.69, 9.17) is 11.6 Å². The van der Waals surface area contributed by atoms with E-state index in [0.717, 1.165) is 17.5 Å². The Morgan fingerprint density at radius 1 is 1.00 bits per heavy atom. The predicted molar refractivity (Wildman–Crippen MR) is 84.3 cm³/mol. The van der Waals surface area contributed by atoms with E-state index in [9.17, 15) is 4.79 Å². The zero-order chi connectivity index (χ0) is 14.5. The van der Waals surface area contributed by atoms with Crippen molar-refractivity contribution in [2.24, 2.45) is 0 Å². The van der Waals surface area contributed by atoms with Gasteiger partial charge in [-0.15, -0.1) is 0 Å². The van der Waals surface area contributed by atoms with Crippen LogP contribution in [0.1, 0.15) is 35.1 Å². The van der Waals surface area contributed by atoms with Crippen LogP contribution in [0, 0.1) is 6.92 Å². The summed E-state index contributed by atoms with van der Waals surface area (Å²) in [7, 11) is 0. The largest absolute Gasteiger partial charge is 0.281 e. The first kappa shape index (κ1) is 14.8. The maximum Gasteiger partial charge on any atom is 0.229 e. The number of hydrogen-bond acceptors (Lipinski definition) is 1. The van der Waals surface area contributed by atoms with Crippen molar-refractivity contribution in [3.05, 3.63) is 70.8 Å². The standard InChI is InChI=1S/C18H19ClO/c1-3-14-6-8-15(9-7-14)12-17(18(19)20)16-10-4-13(2)5-11-16/h4-11,17H,3,12H2,1-2H3. The first-order chi connectivity index (χ1) is 9.60. The Balaban J connectivity index is 2.20. The summed E-state index contributed by atoms with van der Waals surface area (Å²) in [5.41, 5.74) is 4.61. The van der Waals surface area contributed by atoms with Gasteiger partial charge < -0.3 is 0 Å². The summed E-state index contributed by atoms with van der Waals surface area (Å²) in [6.45, 7) is 4.16. The van der Waals surface area contributed by atoms with Gasteiger partial charge in [-0.05, 0) is 48.1 Å². The zero-order valence-electron chi connectivity index (χ0n) is 11.9. The fourth-order valence-electron chi connectivity index (χ4n) is 2.27. The lowest BCUT2D eigenvalue weighted by Gasteiger charge is -2.14. The van der Waals surface area contributed by atoms with Gasteiger partial charge in [-0.25, -0.2) is 0 Å². The molecule has 0 spiro atoms. The highest BCUT2D eigenvalue weighted by atomic mass is 35.5. The summed E-state index contributed by atoms with van der Waals surface area (Å²) in [5, 5.41) is -0.298. The Kier molecular flexibility index (Phi) is 4.97. The summed E-state index contributed by atoms with van der Waals surface area (Å²) in [4.78, 5) is 11.7. The Morgan fingerprint density at radius 2 is 1.55 bits per heavy atom. The molecule has 0 aliphatic carbocycles. The average molecular weight is 287 g/mol. The Bertz CT molecular complexity index is 569. The predicted octanol–water partition coefficient (Wildman–Crippen LogP) is 4.65. The van der Waals surface area contributed by atoms with Gasteiger partial charge in [-0.1, -0.05) is 61.0 Å². The Labute approximate surface area is 125 Å². The van der Waals surface area contributed by atoms with Crippen LogP contribution in [0.25, 0.3) is 0 Å². The zero-order valence-corrected chi connectivity index (χ0v) is 12.7. The third-order valence-corrected chi connectivity index (χ3v) is 3.89. The summed E-state index contributed by atoms with van der Waals surface area (Å²) in [6, 6.07) is 16.4. The average Bonchev–Trinajstić information content (AvgIpc) is 2.46. The van der Waals surface area contributed by atoms with Gasteiger partial charge in [-0.3, -0.25) is 4.79 Å². The minimum atomic E-state index is -0.298. The second-order valence-electron chi connectivity index (χ2n) is 5.14. The van der Waals surface area contributed by atoms with Crippen LogP contribution in [-0.4, -0.2) is 5.24 Å². The van der Waals surface area contributed by atoms with Crippen LogP contribution < -0.4 is 0 Å². The van der Waals surface area contributed by atoms with E-state index in [1.165, 1.54) is 11.1 Å². The van der Waals surface area contributed by atoms with Gasteiger partial charge in [-0.2, -0.15) is 0 Å². The number of carbonyl (C=O) groups is 1. The second kappa shape index (κ2) is 6.71. The van der Waals surface area contributed by atoms with E-state index in [-0.39, 0.29) is 11.2 Å². The molecule has 2 heteroatoms. The molecule has 0 saturated heterocycles. The molecule has 0 amide bonds. The molecule has 1 atom stereocenters. The third-order valence-electron chi connectivity index (χ3n) is 3.62. The van der Waals surface area contributed by atoms with E-state index in [2.05, 4.69) is 31.2 Å². The fourth-order valence-corrected chi connectivity index (χ4v) is 2.48. The molecule has 0 aromatic heterocycles. The van der Waals surface area contributed by atoms with Crippen LogP contribution in [0.3, 0.4) is 0 Å². The van der Waals surface area contributed by atoms with Crippen molar-refractivity contribution in [3.63, 3.8) is 0 Å². The van der Waals surface area contributed by atoms with Crippen molar-refractivity contribution in [2.75, 3.05) is 0 Å². The molecule has 0 radical (unpaired) electrons. The van der Waals surface area contributed by atoms with Crippen molar-refractivity contribution in [1.82, 2.24) is 0 Å². The van der Waals surface area contributed by atoms with Gasteiger partial charge in [0.1, 0.15) is 0 Å². The van der Waals surface area contributed by atoms with E-state index in [1.54, 1.807) is 0 Å². The van der Waals surface area contributed by atoms with Gasteiger partial charge in [0.05, 0.1) is 5.92 Å². The van der Waals surface area contributed by atoms with Crippen LogP contribution in [0.15, 0.2) is 48.5 Å². The van der Waals surface area contributed by atoms with E-state index >= 15 is 0 Å². The highest BCUT2D eigenvalue weighted by Crippen LogP contribution is 2.24. The van der Waals surface area contributed by atoms with E-state index in [0.29, 0.717) is 6.42 Å². The molecular formula is C18H19ClO. The van der Waals surface area contributed by atoms with Crippen LogP contribution in [0.2, 0.25) is 0 Å². The molecule has 2 rings (SSSR count). The summed E-state index contributed by atoms with van der Waals surface area (Å²) < 4.78 is 0. The molecule has 0 aliphatic rings. The fraction of sp³-hybridized carbons (Fsp3) is 0.278. The minimum Gasteiger partial charge on any atom is -0.281 e. The first-order valence-electron chi connectivity index (χ1n) is 6.94. The van der Waals surface area contributed by atoms with Crippen molar-refractivity contribution < 1.29 is 4.79 Å². The molecule has 1 nitrogen and oxygen atoms in total. The second-order valence-corrected chi connectivity index (χ2v) is 5.51. The molecule has 2 aromatic carbocycles. The summed E-state index contributed by atoms with van der Waals surface area (Å²) in [6.07, 6.45) is 1.67. The SMILES string of the molecule is CCc1ccc(CC(C(=O)Cl)c2ccc(C)cc2)cc1. The highest BCUT2D eigenvalue weighted by molar-refractivity contribution is 6.64. The molecule has 20 heavy (non-hydrogen) atoms. The van der Waals surface area contributed by atoms with E-state index < -0.39 is 0 Å². The topological polar surface area (TPSA) is 17.1 Å². The van der Waals surface area contributed by atoms with Gasteiger partial charge >= 0.3 is 0 Å². The van der Waals surface area contributed by atoms with Gasteiger partial charge in [0.2, 0.25) is 5.24 Å². The van der Waals surface area contributed by atoms with Crippen LogP contribution in [0.4, 0.5) is 0 Å². The number of rotatable bonds is 5. The molecule has 104 valence electrons. The molecule has 0 heterocycles. The summed E-state index contributed by atoms with van der Waals surface area (Å²) >= 11 is 5.79. The molecule has 0 saturated carbocycles. The van der Waals surface area contributed by atoms with Crippen LogP contribution in [0.5, 0.6) is 0 Å². The third kappa shape index (κ3) is 3.71. The van der Waals surface area contributed by atoms with Crippen LogP contribution >= 0.6 is 11.6 Å². The maximum absolute atomic E-state index is 11.7. The lowest BCUT2D eigenvalue weighted by atomic mass is 9.92. The van der Waals surface area contributed by atoms with Crippen molar-refractivity contribution >= 4 is 16.8 Å². The summed E-state index contributed by atoms with van der Waals surface area (Å²) in [5.74, 6) is -0.273. The number of benzene rings is 2. The van der Waals surface area contributed by atoms with Gasteiger partial charge in [0.15, 0.2) is 0 Å². The van der Waals surface area contributed by atoms with Crippen molar-refractivity contribution in [3.8, 4) is 0 Å². The molecular weight excluding hydrogens is 268 g/mol. The van der Waals surface area contributed by atoms with E-state index in [1.807, 2.05) is 31.2 Å². The molecule has 0 fully saturated rings. The molecule has 1 unspecified atom stereocenters. The monoisotopic (exact) mass is 286 g/mol. The Hall–Kier alpha value is -1.60. The smallest absolute Gasteiger partial charge is 0.229 e. The number of carbonyl (C=O) groups excluding carboxylic acids is 1. The van der Waals surface area contributed by atoms with Gasteiger partial charge in [0.25, 0.3) is 0 Å². The van der Waals surface area contributed by atoms with Crippen LogP contribution in [-0.2, 0) is 17.6 Å². The van der Waals surface area contributed by atoms with Gasteiger partial charge in [0, 0.05) is 0 Å². The number of aryl methyl sites for hydroxylation is 2. The normalized spacial score (nSPS) is 12.2. The molecule has 0 N–H and O–H groups in total. The Morgan fingerprint density at radius 3 is 2.05 bits per heavy atom. The van der Waals surface area contributed by atoms with Crippen molar-refractivity contribution in [2.45, 2.75) is 32.6 Å². The first-order valence-corrected chi connectivity index (χ1v) is 7.31. The minimum absolute atomic E-state index is 0.273. The maximum atomic E-state index is 11.7. The number of hydrogen-bond donors (Lipinski definition) is 0. The molecule has 0 bridgehead atoms. The quantitative estimate of drug-likeness (QED) is 0.731. The molecule has 2 aromatic rings. The number of halogens is 1. The van der Waals surface area contributed by atoms with Crippen molar-refractivity contribution in [1.29, 1.82) is 0 Å². The highest BCUT2D eigenvalue weighted by Gasteiger charge is 2.19. The lowest BCUT2D eigenvalue weighted by molar-refractivity contribution is -0.113.